The number of carbonyl (C=O) groups is 3. The number of hydrogen-bond donors (Lipinski definition) is 1. The van der Waals surface area contributed by atoms with E-state index < -0.39 is 11.9 Å². The molecule has 0 aromatic heterocycles. The van der Waals surface area contributed by atoms with E-state index >= 15 is 0 Å². The summed E-state index contributed by atoms with van der Waals surface area (Å²) in [7, 11) is 0. The van der Waals surface area contributed by atoms with Crippen LogP contribution < -0.4 is 0 Å². The van der Waals surface area contributed by atoms with Crippen LogP contribution in [0.4, 0.5) is 0 Å². The Morgan fingerprint density at radius 3 is 2.39 bits per heavy atom. The van der Waals surface area contributed by atoms with E-state index in [9.17, 15) is 14.4 Å². The molecule has 0 radical (unpaired) electrons. The Hall–Kier alpha value is -2.17. The van der Waals surface area contributed by atoms with Gasteiger partial charge in [-0.05, 0) is 26.7 Å². The van der Waals surface area contributed by atoms with Gasteiger partial charge in [0.05, 0.1) is 5.92 Å². The summed E-state index contributed by atoms with van der Waals surface area (Å²) >= 11 is 0. The van der Waals surface area contributed by atoms with Crippen molar-refractivity contribution in [1.29, 1.82) is 0 Å². The molecule has 0 spiro atoms. The minimum atomic E-state index is -0.856. The zero-order valence-corrected chi connectivity index (χ0v) is 13.6. The third kappa shape index (κ3) is 4.41. The van der Waals surface area contributed by atoms with Gasteiger partial charge in [0.15, 0.2) is 5.78 Å². The molecule has 1 N–H and O–H groups in total. The fourth-order valence-electron chi connectivity index (χ4n) is 2.90. The number of benzene rings is 1. The summed E-state index contributed by atoms with van der Waals surface area (Å²) in [5.41, 5.74) is 1.69. The Morgan fingerprint density at radius 2 is 1.78 bits per heavy atom. The number of hydrogen-bond acceptors (Lipinski definition) is 3. The summed E-state index contributed by atoms with van der Waals surface area (Å²) in [6, 6.07) is 7.32. The van der Waals surface area contributed by atoms with Crippen molar-refractivity contribution < 1.29 is 19.5 Å². The molecular formula is C18H23NO4. The summed E-state index contributed by atoms with van der Waals surface area (Å²) in [6.45, 7) is 4.13. The van der Waals surface area contributed by atoms with E-state index in [0.29, 0.717) is 18.4 Å². The zero-order chi connectivity index (χ0) is 17.0. The van der Waals surface area contributed by atoms with E-state index in [1.807, 2.05) is 26.0 Å². The van der Waals surface area contributed by atoms with Gasteiger partial charge in [-0.3, -0.25) is 14.4 Å². The average molecular weight is 317 g/mol. The van der Waals surface area contributed by atoms with E-state index in [1.165, 1.54) is 0 Å². The molecule has 2 atom stereocenters. The van der Waals surface area contributed by atoms with E-state index in [1.54, 1.807) is 17.0 Å². The van der Waals surface area contributed by atoms with Gasteiger partial charge in [-0.15, -0.1) is 0 Å². The van der Waals surface area contributed by atoms with Crippen LogP contribution in [0.15, 0.2) is 24.3 Å². The minimum absolute atomic E-state index is 0.0348. The van der Waals surface area contributed by atoms with E-state index in [2.05, 4.69) is 0 Å². The molecule has 124 valence electrons. The Balaban J connectivity index is 1.91. The van der Waals surface area contributed by atoms with Crippen molar-refractivity contribution in [2.45, 2.75) is 45.6 Å². The lowest BCUT2D eigenvalue weighted by molar-refractivity contribution is -0.147. The van der Waals surface area contributed by atoms with Crippen molar-refractivity contribution in [2.75, 3.05) is 6.54 Å². The number of carboxylic acids is 1. The van der Waals surface area contributed by atoms with Crippen LogP contribution in [-0.4, -0.2) is 40.3 Å². The third-order valence-corrected chi connectivity index (χ3v) is 4.49. The molecule has 0 bridgehead atoms. The van der Waals surface area contributed by atoms with Gasteiger partial charge in [0.25, 0.3) is 0 Å². The molecule has 2 rings (SSSR count). The number of ketones is 1. The van der Waals surface area contributed by atoms with Gasteiger partial charge in [-0.25, -0.2) is 0 Å². The number of likely N-dealkylation sites (tertiary alicyclic amines) is 1. The number of nitrogens with zero attached hydrogens (tertiary/aromatic N) is 1. The van der Waals surface area contributed by atoms with Crippen LogP contribution in [0.5, 0.6) is 0 Å². The summed E-state index contributed by atoms with van der Waals surface area (Å²) in [5, 5.41) is 9.12. The second kappa shape index (κ2) is 7.40. The van der Waals surface area contributed by atoms with Crippen molar-refractivity contribution in [3.05, 3.63) is 35.4 Å². The van der Waals surface area contributed by atoms with E-state index in [-0.39, 0.29) is 37.1 Å². The molecule has 1 saturated heterocycles. The van der Waals surface area contributed by atoms with Gasteiger partial charge < -0.3 is 10.0 Å². The molecule has 1 amide bonds. The van der Waals surface area contributed by atoms with Crippen molar-refractivity contribution in [1.82, 2.24) is 4.90 Å². The number of carboxylic acid groups (broad SMARTS) is 1. The smallest absolute Gasteiger partial charge is 0.308 e. The number of piperidine rings is 1. The molecule has 1 aromatic rings. The molecule has 1 aliphatic rings. The fourth-order valence-corrected chi connectivity index (χ4v) is 2.90. The highest BCUT2D eigenvalue weighted by molar-refractivity contribution is 5.98. The minimum Gasteiger partial charge on any atom is -0.481 e. The van der Waals surface area contributed by atoms with Crippen LogP contribution in [0.25, 0.3) is 0 Å². The number of carbonyl (C=O) groups excluding carboxylic acids is 2. The zero-order valence-electron chi connectivity index (χ0n) is 13.6. The van der Waals surface area contributed by atoms with Crippen LogP contribution in [0.3, 0.4) is 0 Å². The van der Waals surface area contributed by atoms with E-state index in [4.69, 9.17) is 5.11 Å². The molecule has 1 aromatic carbocycles. The Kier molecular flexibility index (Phi) is 5.53. The predicted molar refractivity (Wildman–Crippen MR) is 86.3 cm³/mol. The average Bonchev–Trinajstić information content (AvgIpc) is 2.53. The second-order valence-electron chi connectivity index (χ2n) is 6.30. The van der Waals surface area contributed by atoms with Gasteiger partial charge >= 0.3 is 5.97 Å². The third-order valence-electron chi connectivity index (χ3n) is 4.49. The molecular weight excluding hydrogens is 294 g/mol. The predicted octanol–water partition coefficient (Wildman–Crippen LogP) is 2.67. The number of aliphatic carboxylic acids is 1. The molecule has 0 aliphatic carbocycles. The maximum absolute atomic E-state index is 12.3. The van der Waals surface area contributed by atoms with Gasteiger partial charge in [-0.1, -0.05) is 29.8 Å². The van der Waals surface area contributed by atoms with Gasteiger partial charge in [0, 0.05) is 31.0 Å². The quantitative estimate of drug-likeness (QED) is 0.847. The highest BCUT2D eigenvalue weighted by atomic mass is 16.4. The van der Waals surface area contributed by atoms with Crippen molar-refractivity contribution in [2.24, 2.45) is 5.92 Å². The topological polar surface area (TPSA) is 74.7 Å². The highest BCUT2D eigenvalue weighted by Gasteiger charge is 2.32. The van der Waals surface area contributed by atoms with Crippen LogP contribution in [0.2, 0.25) is 0 Å². The fraction of sp³-hybridized carbons (Fsp3) is 0.500. The number of aryl methyl sites for hydroxylation is 1. The maximum Gasteiger partial charge on any atom is 0.308 e. The molecule has 0 saturated carbocycles. The van der Waals surface area contributed by atoms with Gasteiger partial charge in [-0.2, -0.15) is 0 Å². The highest BCUT2D eigenvalue weighted by Crippen LogP contribution is 2.23. The number of rotatable bonds is 5. The first-order valence-electron chi connectivity index (χ1n) is 8.00. The second-order valence-corrected chi connectivity index (χ2v) is 6.30. The Bertz CT molecular complexity index is 594. The van der Waals surface area contributed by atoms with Gasteiger partial charge in [0.2, 0.25) is 5.91 Å². The Labute approximate surface area is 136 Å². The maximum atomic E-state index is 12.3. The van der Waals surface area contributed by atoms with Crippen LogP contribution in [0, 0.1) is 12.8 Å². The summed E-state index contributed by atoms with van der Waals surface area (Å²) in [4.78, 5) is 37.2. The van der Waals surface area contributed by atoms with Crippen molar-refractivity contribution >= 4 is 17.7 Å². The SMILES string of the molecule is Cc1ccc(C(=O)CCC(=O)N2CC(C(=O)O)CCC2C)cc1. The first-order chi connectivity index (χ1) is 10.9. The lowest BCUT2D eigenvalue weighted by Crippen LogP contribution is -2.47. The molecule has 2 unspecified atom stereocenters. The van der Waals surface area contributed by atoms with Crippen LogP contribution in [-0.2, 0) is 9.59 Å². The summed E-state index contributed by atoms with van der Waals surface area (Å²) < 4.78 is 0. The summed E-state index contributed by atoms with van der Waals surface area (Å²) in [6.07, 6.45) is 1.57. The number of amides is 1. The largest absolute Gasteiger partial charge is 0.481 e. The normalized spacial score (nSPS) is 21.0. The van der Waals surface area contributed by atoms with Gasteiger partial charge in [0.1, 0.15) is 0 Å². The first-order valence-corrected chi connectivity index (χ1v) is 8.00. The molecule has 1 heterocycles. The standard InChI is InChI=1S/C18H23NO4/c1-12-3-6-14(7-4-12)16(20)9-10-17(21)19-11-15(18(22)23)8-5-13(19)2/h3-4,6-7,13,15H,5,8-11H2,1-2H3,(H,22,23). The van der Waals surface area contributed by atoms with Crippen LogP contribution >= 0.6 is 0 Å². The lowest BCUT2D eigenvalue weighted by Gasteiger charge is -2.36. The van der Waals surface area contributed by atoms with Crippen LogP contribution in [0.1, 0.15) is 48.5 Å². The molecule has 1 fully saturated rings. The monoisotopic (exact) mass is 317 g/mol. The molecule has 5 heteroatoms. The molecule has 23 heavy (non-hydrogen) atoms. The van der Waals surface area contributed by atoms with Crippen molar-refractivity contribution in [3.8, 4) is 0 Å². The Morgan fingerprint density at radius 1 is 1.13 bits per heavy atom. The number of Topliss-reactive ketones (excluding diaryl/α,β-unsaturated/α-hetero) is 1. The lowest BCUT2D eigenvalue weighted by atomic mass is 9.93. The molecule has 5 nitrogen and oxygen atoms in total. The first kappa shape index (κ1) is 17.2. The summed E-state index contributed by atoms with van der Waals surface area (Å²) in [5.74, 6) is -1.55. The van der Waals surface area contributed by atoms with Crippen molar-refractivity contribution in [3.63, 3.8) is 0 Å². The van der Waals surface area contributed by atoms with E-state index in [0.717, 1.165) is 5.56 Å². The molecule has 1 aliphatic heterocycles.